The van der Waals surface area contributed by atoms with E-state index in [1.165, 1.54) is 0 Å². The Morgan fingerprint density at radius 1 is 1.53 bits per heavy atom. The molecule has 0 amide bonds. The number of carbonyl (C=O) groups is 1. The van der Waals surface area contributed by atoms with Gasteiger partial charge in [0, 0.05) is 12.6 Å². The van der Waals surface area contributed by atoms with Crippen molar-refractivity contribution in [1.82, 2.24) is 9.78 Å². The van der Waals surface area contributed by atoms with Gasteiger partial charge in [-0.2, -0.15) is 5.10 Å². The van der Waals surface area contributed by atoms with Gasteiger partial charge in [0.25, 0.3) is 0 Å². The van der Waals surface area contributed by atoms with Crippen LogP contribution in [0.1, 0.15) is 44.8 Å². The molecule has 0 fully saturated rings. The summed E-state index contributed by atoms with van der Waals surface area (Å²) in [6.07, 6.45) is 4.71. The van der Waals surface area contributed by atoms with Crippen LogP contribution in [0.2, 0.25) is 0 Å². The zero-order chi connectivity index (χ0) is 11.3. The third-order valence-electron chi connectivity index (χ3n) is 2.58. The SMILES string of the molecule is CCC(CC)n1ccc(CCC(=O)O)n1. The Hall–Kier alpha value is -1.32. The molecule has 4 nitrogen and oxygen atoms in total. The molecule has 0 saturated carbocycles. The number of carboxylic acid groups (broad SMARTS) is 1. The number of carboxylic acids is 1. The van der Waals surface area contributed by atoms with Crippen LogP contribution in [-0.2, 0) is 11.2 Å². The van der Waals surface area contributed by atoms with Crippen molar-refractivity contribution in [3.8, 4) is 0 Å². The van der Waals surface area contributed by atoms with E-state index < -0.39 is 5.97 Å². The Kier molecular flexibility index (Phi) is 4.34. The highest BCUT2D eigenvalue weighted by Gasteiger charge is 2.08. The molecule has 1 rings (SSSR count). The summed E-state index contributed by atoms with van der Waals surface area (Å²) in [6.45, 7) is 4.26. The fourth-order valence-corrected chi connectivity index (χ4v) is 1.61. The number of hydrogen-bond donors (Lipinski definition) is 1. The number of nitrogens with zero attached hydrogens (tertiary/aromatic N) is 2. The molecule has 0 aliphatic rings. The number of aryl methyl sites for hydroxylation is 1. The third kappa shape index (κ3) is 3.38. The summed E-state index contributed by atoms with van der Waals surface area (Å²) in [5.74, 6) is -0.771. The molecule has 1 N–H and O–H groups in total. The van der Waals surface area contributed by atoms with Crippen molar-refractivity contribution in [1.29, 1.82) is 0 Å². The molecule has 1 aromatic heterocycles. The van der Waals surface area contributed by atoms with Gasteiger partial charge in [-0.15, -0.1) is 0 Å². The molecule has 15 heavy (non-hydrogen) atoms. The summed E-state index contributed by atoms with van der Waals surface area (Å²) >= 11 is 0. The van der Waals surface area contributed by atoms with Gasteiger partial charge < -0.3 is 5.11 Å². The first kappa shape index (κ1) is 11.8. The molecule has 0 aliphatic heterocycles. The van der Waals surface area contributed by atoms with E-state index in [1.54, 1.807) is 0 Å². The number of hydrogen-bond acceptors (Lipinski definition) is 2. The predicted molar refractivity (Wildman–Crippen MR) is 57.8 cm³/mol. The molecule has 0 atom stereocenters. The monoisotopic (exact) mass is 210 g/mol. The van der Waals surface area contributed by atoms with E-state index in [9.17, 15) is 4.79 Å². The highest BCUT2D eigenvalue weighted by Crippen LogP contribution is 2.14. The summed E-state index contributed by atoms with van der Waals surface area (Å²) in [6, 6.07) is 2.34. The smallest absolute Gasteiger partial charge is 0.303 e. The normalized spacial score (nSPS) is 10.9. The van der Waals surface area contributed by atoms with Crippen molar-refractivity contribution in [2.75, 3.05) is 0 Å². The van der Waals surface area contributed by atoms with Crippen LogP contribution in [0.5, 0.6) is 0 Å². The second kappa shape index (κ2) is 5.53. The van der Waals surface area contributed by atoms with E-state index in [0.717, 1.165) is 18.5 Å². The van der Waals surface area contributed by atoms with Crippen molar-refractivity contribution in [3.05, 3.63) is 18.0 Å². The molecule has 1 heterocycles. The van der Waals surface area contributed by atoms with Gasteiger partial charge >= 0.3 is 5.97 Å². The van der Waals surface area contributed by atoms with E-state index in [0.29, 0.717) is 12.5 Å². The quantitative estimate of drug-likeness (QED) is 0.783. The molecule has 0 aromatic carbocycles. The lowest BCUT2D eigenvalue weighted by molar-refractivity contribution is -0.136. The third-order valence-corrected chi connectivity index (χ3v) is 2.58. The number of aromatic nitrogens is 2. The summed E-state index contributed by atoms with van der Waals surface area (Å²) in [4.78, 5) is 10.4. The van der Waals surface area contributed by atoms with Crippen LogP contribution in [0.25, 0.3) is 0 Å². The van der Waals surface area contributed by atoms with Crippen LogP contribution in [-0.4, -0.2) is 20.9 Å². The fraction of sp³-hybridized carbons (Fsp3) is 0.636. The van der Waals surface area contributed by atoms with Crippen LogP contribution < -0.4 is 0 Å². The van der Waals surface area contributed by atoms with Crippen LogP contribution >= 0.6 is 0 Å². The molecule has 0 bridgehead atoms. The summed E-state index contributed by atoms with van der Waals surface area (Å²) in [7, 11) is 0. The van der Waals surface area contributed by atoms with Gasteiger partial charge in [-0.1, -0.05) is 13.8 Å². The van der Waals surface area contributed by atoms with E-state index in [1.807, 2.05) is 16.9 Å². The van der Waals surface area contributed by atoms with Crippen molar-refractivity contribution < 1.29 is 9.90 Å². The Balaban J connectivity index is 2.59. The average molecular weight is 210 g/mol. The molecule has 0 radical (unpaired) electrons. The van der Waals surface area contributed by atoms with E-state index in [-0.39, 0.29) is 6.42 Å². The molecule has 1 aromatic rings. The van der Waals surface area contributed by atoms with Gasteiger partial charge in [0.15, 0.2) is 0 Å². The first-order chi connectivity index (χ1) is 7.17. The van der Waals surface area contributed by atoms with Gasteiger partial charge in [0.1, 0.15) is 0 Å². The van der Waals surface area contributed by atoms with Crippen LogP contribution in [0.15, 0.2) is 12.3 Å². The van der Waals surface area contributed by atoms with E-state index >= 15 is 0 Å². The number of rotatable bonds is 6. The van der Waals surface area contributed by atoms with Crippen molar-refractivity contribution in [3.63, 3.8) is 0 Å². The van der Waals surface area contributed by atoms with Crippen molar-refractivity contribution in [2.24, 2.45) is 0 Å². The summed E-state index contributed by atoms with van der Waals surface area (Å²) in [5.41, 5.74) is 0.865. The van der Waals surface area contributed by atoms with Gasteiger partial charge in [0.05, 0.1) is 18.2 Å². The molecular formula is C11H18N2O2. The zero-order valence-corrected chi connectivity index (χ0v) is 9.31. The van der Waals surface area contributed by atoms with Gasteiger partial charge in [-0.05, 0) is 18.9 Å². The molecule has 0 saturated heterocycles. The van der Waals surface area contributed by atoms with E-state index in [4.69, 9.17) is 5.11 Å². The summed E-state index contributed by atoms with van der Waals surface area (Å²) in [5, 5.41) is 12.9. The standard InChI is InChI=1S/C11H18N2O2/c1-3-10(4-2)13-8-7-9(12-13)5-6-11(14)15/h7-8,10H,3-6H2,1-2H3,(H,14,15). The second-order valence-corrected chi connectivity index (χ2v) is 3.65. The predicted octanol–water partition coefficient (Wildman–Crippen LogP) is 2.26. The van der Waals surface area contributed by atoms with Gasteiger partial charge in [0.2, 0.25) is 0 Å². The minimum atomic E-state index is -0.771. The van der Waals surface area contributed by atoms with Crippen molar-refractivity contribution in [2.45, 2.75) is 45.6 Å². The van der Waals surface area contributed by atoms with Crippen LogP contribution in [0.3, 0.4) is 0 Å². The highest BCUT2D eigenvalue weighted by atomic mass is 16.4. The zero-order valence-electron chi connectivity index (χ0n) is 9.31. The first-order valence-electron chi connectivity index (χ1n) is 5.43. The lowest BCUT2D eigenvalue weighted by atomic mass is 10.2. The lowest BCUT2D eigenvalue weighted by Crippen LogP contribution is -2.08. The molecule has 0 spiro atoms. The maximum atomic E-state index is 10.4. The topological polar surface area (TPSA) is 55.1 Å². The van der Waals surface area contributed by atoms with Gasteiger partial charge in [-0.25, -0.2) is 0 Å². The van der Waals surface area contributed by atoms with Gasteiger partial charge in [-0.3, -0.25) is 9.48 Å². The van der Waals surface area contributed by atoms with Crippen LogP contribution in [0.4, 0.5) is 0 Å². The largest absolute Gasteiger partial charge is 0.481 e. The number of aliphatic carboxylic acids is 1. The maximum absolute atomic E-state index is 10.4. The van der Waals surface area contributed by atoms with E-state index in [2.05, 4.69) is 18.9 Å². The van der Waals surface area contributed by atoms with Crippen LogP contribution in [0, 0.1) is 0 Å². The molecule has 0 aliphatic carbocycles. The lowest BCUT2D eigenvalue weighted by Gasteiger charge is -2.12. The minimum absolute atomic E-state index is 0.153. The second-order valence-electron chi connectivity index (χ2n) is 3.65. The molecule has 4 heteroatoms. The first-order valence-corrected chi connectivity index (χ1v) is 5.43. The Bertz CT molecular complexity index is 316. The molecule has 0 unspecified atom stereocenters. The molecule has 84 valence electrons. The summed E-state index contributed by atoms with van der Waals surface area (Å²) < 4.78 is 1.94. The Morgan fingerprint density at radius 2 is 2.20 bits per heavy atom. The Morgan fingerprint density at radius 3 is 2.73 bits per heavy atom. The minimum Gasteiger partial charge on any atom is -0.481 e. The Labute approximate surface area is 89.9 Å². The van der Waals surface area contributed by atoms with Crippen molar-refractivity contribution >= 4 is 5.97 Å². The highest BCUT2D eigenvalue weighted by molar-refractivity contribution is 5.66. The fourth-order valence-electron chi connectivity index (χ4n) is 1.61. The maximum Gasteiger partial charge on any atom is 0.303 e. The average Bonchev–Trinajstić information content (AvgIpc) is 2.65. The molecular weight excluding hydrogens is 192 g/mol.